The van der Waals surface area contributed by atoms with E-state index in [0.717, 1.165) is 43.2 Å². The van der Waals surface area contributed by atoms with E-state index in [0.29, 0.717) is 6.54 Å². The molecule has 0 bridgehead atoms. The van der Waals surface area contributed by atoms with Crippen molar-refractivity contribution in [1.29, 1.82) is 0 Å². The average Bonchev–Trinajstić information content (AvgIpc) is 2.70. The second-order valence-electron chi connectivity index (χ2n) is 7.32. The standard InChI is InChI=1S/C22H24N2O2/c25-20-19(18-12-6-2-7-13-18)23-21(26)22(14-8-3-9-15-22)24(20)16-17-10-4-1-5-11-17/h1-2,4-7,10-13,19H,3,8-9,14-16H2,(H,23,26). The molecule has 4 rings (SSSR count). The monoisotopic (exact) mass is 348 g/mol. The number of amides is 2. The van der Waals surface area contributed by atoms with Gasteiger partial charge in [0.15, 0.2) is 0 Å². The molecule has 0 radical (unpaired) electrons. The fourth-order valence-electron chi connectivity index (χ4n) is 4.32. The molecule has 1 aliphatic carbocycles. The fourth-order valence-corrected chi connectivity index (χ4v) is 4.32. The van der Waals surface area contributed by atoms with E-state index in [1.165, 1.54) is 0 Å². The largest absolute Gasteiger partial charge is 0.338 e. The van der Waals surface area contributed by atoms with Crippen LogP contribution in [0.25, 0.3) is 0 Å². The molecule has 134 valence electrons. The summed E-state index contributed by atoms with van der Waals surface area (Å²) in [6, 6.07) is 18.9. The Balaban J connectivity index is 1.72. The summed E-state index contributed by atoms with van der Waals surface area (Å²) < 4.78 is 0. The highest BCUT2D eigenvalue weighted by Crippen LogP contribution is 2.40. The SMILES string of the molecule is O=C1C(c2ccccc2)NC(=O)C2(CCCCC2)N1Cc1ccccc1. The van der Waals surface area contributed by atoms with E-state index in [4.69, 9.17) is 0 Å². The number of nitrogens with zero attached hydrogens (tertiary/aromatic N) is 1. The van der Waals surface area contributed by atoms with Gasteiger partial charge in [0.1, 0.15) is 11.6 Å². The Hall–Kier alpha value is -2.62. The topological polar surface area (TPSA) is 49.4 Å². The van der Waals surface area contributed by atoms with E-state index in [1.54, 1.807) is 0 Å². The number of carbonyl (C=O) groups is 2. The fraction of sp³-hybridized carbons (Fsp3) is 0.364. The van der Waals surface area contributed by atoms with Gasteiger partial charge in [-0.1, -0.05) is 79.9 Å². The van der Waals surface area contributed by atoms with Gasteiger partial charge in [0.05, 0.1) is 0 Å². The summed E-state index contributed by atoms with van der Waals surface area (Å²) in [5.74, 6) is 0.00290. The molecule has 2 fully saturated rings. The zero-order valence-electron chi connectivity index (χ0n) is 14.9. The van der Waals surface area contributed by atoms with E-state index in [-0.39, 0.29) is 11.8 Å². The van der Waals surface area contributed by atoms with Crippen molar-refractivity contribution < 1.29 is 9.59 Å². The minimum absolute atomic E-state index is 0.00144. The Morgan fingerprint density at radius 1 is 0.885 bits per heavy atom. The van der Waals surface area contributed by atoms with Gasteiger partial charge in [-0.25, -0.2) is 0 Å². The van der Waals surface area contributed by atoms with Crippen molar-refractivity contribution in [2.45, 2.75) is 50.2 Å². The van der Waals surface area contributed by atoms with E-state index in [2.05, 4.69) is 5.32 Å². The summed E-state index contributed by atoms with van der Waals surface area (Å²) in [4.78, 5) is 28.5. The van der Waals surface area contributed by atoms with Crippen molar-refractivity contribution in [3.05, 3.63) is 71.8 Å². The highest BCUT2D eigenvalue weighted by atomic mass is 16.2. The van der Waals surface area contributed by atoms with Crippen molar-refractivity contribution in [3.63, 3.8) is 0 Å². The first-order valence-corrected chi connectivity index (χ1v) is 9.42. The molecule has 1 saturated heterocycles. The maximum Gasteiger partial charge on any atom is 0.251 e. The quantitative estimate of drug-likeness (QED) is 0.921. The highest BCUT2D eigenvalue weighted by molar-refractivity contribution is 6.00. The lowest BCUT2D eigenvalue weighted by atomic mass is 9.76. The van der Waals surface area contributed by atoms with Crippen LogP contribution in [0.15, 0.2) is 60.7 Å². The second-order valence-corrected chi connectivity index (χ2v) is 7.32. The van der Waals surface area contributed by atoms with Gasteiger partial charge in [-0.15, -0.1) is 0 Å². The Bertz CT molecular complexity index is 782. The number of hydrogen-bond donors (Lipinski definition) is 1. The van der Waals surface area contributed by atoms with E-state index < -0.39 is 11.6 Å². The van der Waals surface area contributed by atoms with Crippen LogP contribution in [0.5, 0.6) is 0 Å². The molecule has 1 heterocycles. The number of nitrogens with one attached hydrogen (secondary N) is 1. The maximum atomic E-state index is 13.5. The van der Waals surface area contributed by atoms with Gasteiger partial charge in [-0.05, 0) is 24.0 Å². The molecule has 2 aliphatic rings. The van der Waals surface area contributed by atoms with Crippen LogP contribution in [0.2, 0.25) is 0 Å². The first-order chi connectivity index (χ1) is 12.7. The molecule has 4 heteroatoms. The molecule has 2 amide bonds. The Kier molecular flexibility index (Phi) is 4.49. The lowest BCUT2D eigenvalue weighted by molar-refractivity contribution is -0.161. The first kappa shape index (κ1) is 16.8. The summed E-state index contributed by atoms with van der Waals surface area (Å²) in [5.41, 5.74) is 1.21. The van der Waals surface area contributed by atoms with Gasteiger partial charge >= 0.3 is 0 Å². The minimum atomic E-state index is -0.698. The third-order valence-corrected chi connectivity index (χ3v) is 5.72. The normalized spacial score (nSPS) is 22.3. The van der Waals surface area contributed by atoms with E-state index in [9.17, 15) is 9.59 Å². The zero-order chi connectivity index (χ0) is 18.0. The van der Waals surface area contributed by atoms with Crippen molar-refractivity contribution in [2.24, 2.45) is 0 Å². The molecule has 2 aromatic carbocycles. The summed E-state index contributed by atoms with van der Waals surface area (Å²) in [5, 5.41) is 3.03. The Labute approximate surface area is 154 Å². The number of carbonyl (C=O) groups excluding carboxylic acids is 2. The van der Waals surface area contributed by atoms with Gasteiger partial charge in [-0.3, -0.25) is 9.59 Å². The summed E-state index contributed by atoms with van der Waals surface area (Å²) in [6.45, 7) is 0.483. The van der Waals surface area contributed by atoms with Gasteiger partial charge in [-0.2, -0.15) is 0 Å². The van der Waals surface area contributed by atoms with Crippen LogP contribution in [-0.2, 0) is 16.1 Å². The number of benzene rings is 2. The summed E-state index contributed by atoms with van der Waals surface area (Å²) >= 11 is 0. The van der Waals surface area contributed by atoms with Gasteiger partial charge < -0.3 is 10.2 Å². The number of hydrogen-bond acceptors (Lipinski definition) is 2. The number of rotatable bonds is 3. The predicted octanol–water partition coefficient (Wildman–Crippen LogP) is 3.59. The molecule has 4 nitrogen and oxygen atoms in total. The van der Waals surface area contributed by atoms with Crippen molar-refractivity contribution in [2.75, 3.05) is 0 Å². The summed E-state index contributed by atoms with van der Waals surface area (Å²) in [7, 11) is 0. The lowest BCUT2D eigenvalue weighted by Crippen LogP contribution is -2.68. The maximum absolute atomic E-state index is 13.5. The minimum Gasteiger partial charge on any atom is -0.338 e. The van der Waals surface area contributed by atoms with Crippen LogP contribution >= 0.6 is 0 Å². The van der Waals surface area contributed by atoms with E-state index in [1.807, 2.05) is 65.6 Å². The Morgan fingerprint density at radius 3 is 2.15 bits per heavy atom. The summed E-state index contributed by atoms with van der Waals surface area (Å²) in [6.07, 6.45) is 4.60. The predicted molar refractivity (Wildman–Crippen MR) is 100 cm³/mol. The first-order valence-electron chi connectivity index (χ1n) is 9.42. The average molecular weight is 348 g/mol. The molecule has 1 aliphatic heterocycles. The van der Waals surface area contributed by atoms with Crippen LogP contribution in [0.3, 0.4) is 0 Å². The molecule has 1 spiro atoms. The molecule has 26 heavy (non-hydrogen) atoms. The second kappa shape index (κ2) is 6.94. The molecule has 2 aromatic rings. The van der Waals surface area contributed by atoms with Gasteiger partial charge in [0.2, 0.25) is 5.91 Å². The molecule has 0 aromatic heterocycles. The molecular weight excluding hydrogens is 324 g/mol. The van der Waals surface area contributed by atoms with Crippen LogP contribution in [0, 0.1) is 0 Å². The molecule has 1 atom stereocenters. The van der Waals surface area contributed by atoms with Crippen molar-refractivity contribution >= 4 is 11.8 Å². The smallest absolute Gasteiger partial charge is 0.251 e. The van der Waals surface area contributed by atoms with Crippen molar-refractivity contribution in [3.8, 4) is 0 Å². The number of piperazine rings is 1. The van der Waals surface area contributed by atoms with Crippen LogP contribution in [0.1, 0.15) is 49.3 Å². The molecule has 1 saturated carbocycles. The third-order valence-electron chi connectivity index (χ3n) is 5.72. The zero-order valence-corrected chi connectivity index (χ0v) is 14.9. The molecule has 1 N–H and O–H groups in total. The van der Waals surface area contributed by atoms with Gasteiger partial charge in [0.25, 0.3) is 5.91 Å². The van der Waals surface area contributed by atoms with Crippen LogP contribution in [-0.4, -0.2) is 22.3 Å². The van der Waals surface area contributed by atoms with Crippen LogP contribution in [0.4, 0.5) is 0 Å². The third kappa shape index (κ3) is 2.90. The highest BCUT2D eigenvalue weighted by Gasteiger charge is 2.52. The lowest BCUT2D eigenvalue weighted by Gasteiger charge is -2.50. The molecule has 1 unspecified atom stereocenters. The van der Waals surface area contributed by atoms with Gasteiger partial charge in [0, 0.05) is 6.54 Å². The van der Waals surface area contributed by atoms with Crippen molar-refractivity contribution in [1.82, 2.24) is 10.2 Å². The van der Waals surface area contributed by atoms with Crippen LogP contribution < -0.4 is 5.32 Å². The Morgan fingerprint density at radius 2 is 1.50 bits per heavy atom. The molecular formula is C22H24N2O2. The van der Waals surface area contributed by atoms with E-state index >= 15 is 0 Å².